The molecule has 2 saturated heterocycles. The summed E-state index contributed by atoms with van der Waals surface area (Å²) < 4.78 is 0. The van der Waals surface area contributed by atoms with Gasteiger partial charge >= 0.3 is 0 Å². The Morgan fingerprint density at radius 1 is 1.08 bits per heavy atom. The van der Waals surface area contributed by atoms with Crippen LogP contribution in [0.25, 0.3) is 10.9 Å². The van der Waals surface area contributed by atoms with Crippen LogP contribution in [-0.2, 0) is 4.79 Å². The second-order valence-corrected chi connectivity index (χ2v) is 9.81. The van der Waals surface area contributed by atoms with E-state index in [9.17, 15) is 4.79 Å². The van der Waals surface area contributed by atoms with Crippen LogP contribution < -0.4 is 20.4 Å². The number of hydrogen-bond acceptors (Lipinski definition) is 8. The molecule has 0 bridgehead atoms. The number of anilines is 2. The topological polar surface area (TPSA) is 85.9 Å². The fraction of sp³-hybridized carbons (Fsp3) is 0.444. The van der Waals surface area contributed by atoms with Crippen molar-refractivity contribution in [2.24, 2.45) is 0 Å². The minimum absolute atomic E-state index is 0.0160. The lowest BCUT2D eigenvalue weighted by atomic mass is 10.1. The molecule has 3 heterocycles. The molecule has 0 aliphatic carbocycles. The number of rotatable bonds is 6. The van der Waals surface area contributed by atoms with Crippen molar-refractivity contribution in [2.45, 2.75) is 32.9 Å². The van der Waals surface area contributed by atoms with E-state index in [-0.39, 0.29) is 18.0 Å². The number of carbonyl (C=O) groups is 1. The first-order valence-electron chi connectivity index (χ1n) is 12.7. The summed E-state index contributed by atoms with van der Waals surface area (Å²) in [5.41, 5.74) is 2.75. The number of piperazine rings is 2. The molecule has 1 aromatic heterocycles. The Morgan fingerprint density at radius 2 is 1.83 bits per heavy atom. The molecule has 2 aliphatic heterocycles. The van der Waals surface area contributed by atoms with Crippen molar-refractivity contribution < 1.29 is 9.63 Å². The predicted octanol–water partition coefficient (Wildman–Crippen LogP) is 2.67. The number of aryl methyl sites for hydroxylation is 1. The number of aromatic nitrogens is 2. The van der Waals surface area contributed by atoms with Gasteiger partial charge in [0.05, 0.1) is 12.1 Å². The molecule has 190 valence electrons. The van der Waals surface area contributed by atoms with Crippen molar-refractivity contribution in [3.63, 3.8) is 0 Å². The van der Waals surface area contributed by atoms with Crippen molar-refractivity contribution in [2.75, 3.05) is 56.0 Å². The molecule has 0 spiro atoms. The van der Waals surface area contributed by atoms with Crippen LogP contribution in [0.3, 0.4) is 0 Å². The largest absolute Gasteiger partial charge is 0.406 e. The fourth-order valence-corrected chi connectivity index (χ4v) is 5.25. The third-order valence-electron chi connectivity index (χ3n) is 6.92. The molecule has 36 heavy (non-hydrogen) atoms. The van der Waals surface area contributed by atoms with Gasteiger partial charge in [-0.25, -0.2) is 9.97 Å². The molecule has 2 fully saturated rings. The average molecular weight is 490 g/mol. The molecule has 0 radical (unpaired) electrons. The van der Waals surface area contributed by atoms with E-state index >= 15 is 0 Å². The average Bonchev–Trinajstić information content (AvgIpc) is 2.86. The lowest BCUT2D eigenvalue weighted by Crippen LogP contribution is -2.58. The Morgan fingerprint density at radius 3 is 2.61 bits per heavy atom. The van der Waals surface area contributed by atoms with Crippen LogP contribution in [0.5, 0.6) is 5.75 Å². The molecule has 3 aromatic rings. The van der Waals surface area contributed by atoms with E-state index in [1.165, 1.54) is 0 Å². The highest BCUT2D eigenvalue weighted by atomic mass is 16.7. The number of hydrogen-bond donors (Lipinski definition) is 2. The molecule has 9 heteroatoms. The van der Waals surface area contributed by atoms with Gasteiger partial charge in [0.15, 0.2) is 0 Å². The molecule has 1 amide bonds. The summed E-state index contributed by atoms with van der Waals surface area (Å²) in [6, 6.07) is 14.4. The number of para-hydroxylation sites is 1. The molecule has 9 nitrogen and oxygen atoms in total. The maximum atomic E-state index is 13.0. The van der Waals surface area contributed by atoms with Gasteiger partial charge in [-0.1, -0.05) is 18.2 Å². The number of carbonyl (C=O) groups excluding carboxylic acids is 1. The third-order valence-corrected chi connectivity index (χ3v) is 6.92. The number of nitrogens with one attached hydrogen (secondary N) is 2. The number of amides is 1. The molecule has 2 aliphatic rings. The number of fused-ring (bicyclic) bond motifs is 1. The van der Waals surface area contributed by atoms with Gasteiger partial charge < -0.3 is 20.4 Å². The van der Waals surface area contributed by atoms with Gasteiger partial charge in [-0.15, -0.1) is 5.06 Å². The highest BCUT2D eigenvalue weighted by molar-refractivity contribution is 5.93. The standard InChI is InChI=1S/C27H35N7O2/c1-19-8-9-22(36-33-12-10-28-11-13-33)14-25(19)31-26(35)17-32-15-20(2)34(21(3)16-32)27-23-6-4-5-7-24(23)29-18-30-27/h4-9,14,18,20-21,28H,10-13,15-17H2,1-3H3,(H,31,35)/t20-,21+. The van der Waals surface area contributed by atoms with Gasteiger partial charge in [-0.2, -0.15) is 0 Å². The van der Waals surface area contributed by atoms with E-state index < -0.39 is 0 Å². The van der Waals surface area contributed by atoms with Crippen LogP contribution in [0.1, 0.15) is 19.4 Å². The minimum atomic E-state index is -0.0160. The van der Waals surface area contributed by atoms with Crippen LogP contribution >= 0.6 is 0 Å². The van der Waals surface area contributed by atoms with Gasteiger partial charge in [0.2, 0.25) is 5.91 Å². The van der Waals surface area contributed by atoms with Crippen LogP contribution in [0, 0.1) is 6.92 Å². The molecular formula is C27H35N7O2. The van der Waals surface area contributed by atoms with Crippen molar-refractivity contribution in [3.05, 3.63) is 54.4 Å². The first-order chi connectivity index (χ1) is 17.5. The number of benzene rings is 2. The van der Waals surface area contributed by atoms with Crippen molar-refractivity contribution in [3.8, 4) is 5.75 Å². The fourth-order valence-electron chi connectivity index (χ4n) is 5.25. The lowest BCUT2D eigenvalue weighted by Gasteiger charge is -2.45. The molecule has 0 saturated carbocycles. The first-order valence-corrected chi connectivity index (χ1v) is 12.7. The van der Waals surface area contributed by atoms with Gasteiger partial charge in [0.1, 0.15) is 17.9 Å². The Bertz CT molecular complexity index is 1200. The maximum Gasteiger partial charge on any atom is 0.238 e. The zero-order valence-corrected chi connectivity index (χ0v) is 21.3. The highest BCUT2D eigenvalue weighted by Gasteiger charge is 2.32. The Hall–Kier alpha value is -3.27. The highest BCUT2D eigenvalue weighted by Crippen LogP contribution is 2.29. The van der Waals surface area contributed by atoms with E-state index in [1.807, 2.05) is 48.4 Å². The zero-order valence-electron chi connectivity index (χ0n) is 21.3. The van der Waals surface area contributed by atoms with E-state index in [1.54, 1.807) is 6.33 Å². The van der Waals surface area contributed by atoms with E-state index in [0.29, 0.717) is 6.54 Å². The lowest BCUT2D eigenvalue weighted by molar-refractivity contribution is -0.117. The predicted molar refractivity (Wildman–Crippen MR) is 142 cm³/mol. The Labute approximate surface area is 212 Å². The van der Waals surface area contributed by atoms with Gasteiger partial charge in [-0.3, -0.25) is 9.69 Å². The van der Waals surface area contributed by atoms with Crippen LogP contribution in [0.2, 0.25) is 0 Å². The molecule has 2 atom stereocenters. The van der Waals surface area contributed by atoms with Crippen molar-refractivity contribution >= 4 is 28.3 Å². The smallest absolute Gasteiger partial charge is 0.238 e. The van der Waals surface area contributed by atoms with Crippen molar-refractivity contribution in [1.29, 1.82) is 0 Å². The summed E-state index contributed by atoms with van der Waals surface area (Å²) in [5, 5.41) is 9.44. The normalized spacial score (nSPS) is 21.5. The van der Waals surface area contributed by atoms with E-state index in [2.05, 4.69) is 50.3 Å². The monoisotopic (exact) mass is 489 g/mol. The van der Waals surface area contributed by atoms with E-state index in [4.69, 9.17) is 4.84 Å². The number of hydroxylamine groups is 2. The second kappa shape index (κ2) is 10.8. The Kier molecular flexibility index (Phi) is 7.31. The SMILES string of the molecule is Cc1ccc(ON2CCNCC2)cc1NC(=O)CN1C[C@@H](C)N(c2ncnc3ccccc23)[C@@H](C)C1. The van der Waals surface area contributed by atoms with Crippen molar-refractivity contribution in [1.82, 2.24) is 25.2 Å². The van der Waals surface area contributed by atoms with Crippen LogP contribution in [0.15, 0.2) is 48.8 Å². The summed E-state index contributed by atoms with van der Waals surface area (Å²) in [7, 11) is 0. The van der Waals surface area contributed by atoms with Gasteiger partial charge in [0, 0.05) is 68.5 Å². The number of nitrogens with zero attached hydrogens (tertiary/aromatic N) is 5. The quantitative estimate of drug-likeness (QED) is 0.547. The van der Waals surface area contributed by atoms with E-state index in [0.717, 1.165) is 73.0 Å². The summed E-state index contributed by atoms with van der Waals surface area (Å²) in [4.78, 5) is 32.7. The van der Waals surface area contributed by atoms with Crippen LogP contribution in [-0.4, -0.2) is 83.7 Å². The molecule has 0 unspecified atom stereocenters. The molecule has 5 rings (SSSR count). The van der Waals surface area contributed by atoms with Crippen LogP contribution in [0.4, 0.5) is 11.5 Å². The second-order valence-electron chi connectivity index (χ2n) is 9.81. The summed E-state index contributed by atoms with van der Waals surface area (Å²) in [5.74, 6) is 1.69. The first kappa shape index (κ1) is 24.4. The summed E-state index contributed by atoms with van der Waals surface area (Å²) in [6.45, 7) is 11.8. The van der Waals surface area contributed by atoms with Gasteiger partial charge in [-0.05, 0) is 44.5 Å². The molecule has 2 N–H and O–H groups in total. The summed E-state index contributed by atoms with van der Waals surface area (Å²) >= 11 is 0. The molecule has 2 aromatic carbocycles. The Balaban J connectivity index is 1.22. The van der Waals surface area contributed by atoms with Gasteiger partial charge in [0.25, 0.3) is 0 Å². The maximum absolute atomic E-state index is 13.0. The zero-order chi connectivity index (χ0) is 25.1. The minimum Gasteiger partial charge on any atom is -0.406 e. The summed E-state index contributed by atoms with van der Waals surface area (Å²) in [6.07, 6.45) is 1.64. The third kappa shape index (κ3) is 5.43. The molecular weight excluding hydrogens is 454 g/mol.